The lowest BCUT2D eigenvalue weighted by molar-refractivity contribution is -0.160. The Morgan fingerprint density at radius 2 is 2.17 bits per heavy atom. The minimum atomic E-state index is 0.180. The van der Waals surface area contributed by atoms with Gasteiger partial charge in [-0.3, -0.25) is 4.57 Å². The van der Waals surface area contributed by atoms with Crippen LogP contribution in [0.3, 0.4) is 0 Å². The first-order valence-electron chi connectivity index (χ1n) is 8.26. The largest absolute Gasteiger partial charge is 0.341 e. The minimum absolute atomic E-state index is 0.180. The summed E-state index contributed by atoms with van der Waals surface area (Å²) in [5.74, 6) is 1.90. The zero-order valence-corrected chi connectivity index (χ0v) is 14.6. The third kappa shape index (κ3) is 2.56. The van der Waals surface area contributed by atoms with Crippen LogP contribution in [0, 0.1) is 0 Å². The molecule has 1 aliphatic heterocycles. The Morgan fingerprint density at radius 1 is 1.33 bits per heavy atom. The van der Waals surface area contributed by atoms with Gasteiger partial charge >= 0.3 is 0 Å². The number of nitrogens with zero attached hydrogens (tertiary/aromatic N) is 6. The number of hydrogen-bond donors (Lipinski definition) is 0. The molecule has 4 rings (SSSR count). The molecule has 1 atom stereocenters. The van der Waals surface area contributed by atoms with E-state index in [2.05, 4.69) is 31.9 Å². The second-order valence-corrected chi connectivity index (χ2v) is 6.68. The fourth-order valence-corrected chi connectivity index (χ4v) is 4.08. The maximum atomic E-state index is 4.92. The van der Waals surface area contributed by atoms with Crippen molar-refractivity contribution in [2.24, 2.45) is 0 Å². The molecule has 0 bridgehead atoms. The minimum Gasteiger partial charge on any atom is -0.341 e. The molecule has 2 aromatic heterocycles. The van der Waals surface area contributed by atoms with Gasteiger partial charge in [-0.15, -0.1) is 10.2 Å². The highest BCUT2D eigenvalue weighted by Crippen LogP contribution is 2.42. The highest BCUT2D eigenvalue weighted by molar-refractivity contribution is 7.94. The molecule has 3 heterocycles. The molecule has 1 aliphatic carbocycles. The van der Waals surface area contributed by atoms with Crippen molar-refractivity contribution < 1.29 is 9.22 Å². The number of rotatable bonds is 5. The summed E-state index contributed by atoms with van der Waals surface area (Å²) in [6, 6.07) is 0.662. The Bertz CT molecular complexity index is 718. The summed E-state index contributed by atoms with van der Waals surface area (Å²) in [5, 5.41) is 9.01. The lowest BCUT2D eigenvalue weighted by Gasteiger charge is -2.40. The van der Waals surface area contributed by atoms with Crippen molar-refractivity contribution >= 4 is 17.9 Å². The molecule has 1 fully saturated rings. The van der Waals surface area contributed by atoms with Crippen molar-refractivity contribution in [3.63, 3.8) is 0 Å². The van der Waals surface area contributed by atoms with E-state index in [1.165, 1.54) is 32.8 Å². The predicted octanol–water partition coefficient (Wildman–Crippen LogP) is 2.86. The summed E-state index contributed by atoms with van der Waals surface area (Å²) in [5.41, 5.74) is 0.924. The first-order valence-corrected chi connectivity index (χ1v) is 9.00. The topological polar surface area (TPSA) is 78.2 Å². The maximum absolute atomic E-state index is 4.92. The molecular formula is C15H20N6O2S. The van der Waals surface area contributed by atoms with Gasteiger partial charge < -0.3 is 4.90 Å². The van der Waals surface area contributed by atoms with Crippen molar-refractivity contribution in [1.29, 1.82) is 0 Å². The lowest BCUT2D eigenvalue weighted by Crippen LogP contribution is -2.42. The quantitative estimate of drug-likeness (QED) is 0.353. The van der Waals surface area contributed by atoms with Crippen LogP contribution in [0.4, 0.5) is 5.82 Å². The third-order valence-electron chi connectivity index (χ3n) is 4.72. The van der Waals surface area contributed by atoms with Crippen molar-refractivity contribution in [1.82, 2.24) is 24.7 Å². The number of hydrogen-bond acceptors (Lipinski definition) is 8. The molecule has 0 radical (unpaired) electrons. The van der Waals surface area contributed by atoms with Crippen LogP contribution in [0.5, 0.6) is 0 Å². The highest BCUT2D eigenvalue weighted by atomic mass is 32.2. The zero-order valence-electron chi connectivity index (χ0n) is 13.8. The normalized spacial score (nSPS) is 20.2. The smallest absolute Gasteiger partial charge is 0.220 e. The maximum Gasteiger partial charge on any atom is 0.220 e. The summed E-state index contributed by atoms with van der Waals surface area (Å²) in [6.07, 6.45) is 9.40. The Morgan fingerprint density at radius 3 is 2.92 bits per heavy atom. The van der Waals surface area contributed by atoms with E-state index in [1.54, 1.807) is 6.33 Å². The molecule has 2 aromatic rings. The molecular weight excluding hydrogens is 328 g/mol. The first kappa shape index (κ1) is 15.8. The summed E-state index contributed by atoms with van der Waals surface area (Å²) in [4.78, 5) is 16.2. The SMILES string of the molecule is CCC1c2nncn2-c2cnc(SOOC)nc2N1C1CCCC1. The number of fused-ring (bicyclic) bond motifs is 3. The van der Waals surface area contributed by atoms with Gasteiger partial charge in [0.2, 0.25) is 5.16 Å². The molecule has 9 heteroatoms. The van der Waals surface area contributed by atoms with Crippen molar-refractivity contribution in [3.8, 4) is 5.69 Å². The monoisotopic (exact) mass is 348 g/mol. The van der Waals surface area contributed by atoms with Crippen LogP contribution in [0.15, 0.2) is 17.7 Å². The van der Waals surface area contributed by atoms with Gasteiger partial charge in [0, 0.05) is 6.04 Å². The summed E-state index contributed by atoms with van der Waals surface area (Å²) in [7, 11) is 1.47. The average molecular weight is 348 g/mol. The van der Waals surface area contributed by atoms with E-state index < -0.39 is 0 Å². The summed E-state index contributed by atoms with van der Waals surface area (Å²) >= 11 is 1.02. The molecule has 0 spiro atoms. The summed E-state index contributed by atoms with van der Waals surface area (Å²) in [6.45, 7) is 2.18. The molecule has 0 saturated heterocycles. The number of aromatic nitrogens is 5. The molecule has 128 valence electrons. The molecule has 0 N–H and O–H groups in total. The van der Waals surface area contributed by atoms with E-state index in [1.807, 2.05) is 10.8 Å². The van der Waals surface area contributed by atoms with E-state index in [9.17, 15) is 0 Å². The average Bonchev–Trinajstić information content (AvgIpc) is 3.29. The van der Waals surface area contributed by atoms with Crippen LogP contribution in [-0.4, -0.2) is 37.9 Å². The molecule has 0 amide bonds. The van der Waals surface area contributed by atoms with E-state index in [-0.39, 0.29) is 6.04 Å². The molecule has 2 aliphatic rings. The van der Waals surface area contributed by atoms with E-state index in [0.29, 0.717) is 11.2 Å². The van der Waals surface area contributed by atoms with Gasteiger partial charge in [0.25, 0.3) is 0 Å². The Kier molecular flexibility index (Phi) is 4.38. The zero-order chi connectivity index (χ0) is 16.5. The van der Waals surface area contributed by atoms with Gasteiger partial charge in [0.05, 0.1) is 19.3 Å². The molecule has 24 heavy (non-hydrogen) atoms. The van der Waals surface area contributed by atoms with Crippen molar-refractivity contribution in [2.75, 3.05) is 12.0 Å². The standard InChI is InChI=1S/C15H20N6O2S/c1-3-11-14-19-17-9-20(14)12-8-16-15(24-23-22-2)18-13(12)21(11)10-6-4-5-7-10/h8-11H,3-7H2,1-2H3. The van der Waals surface area contributed by atoms with E-state index in [4.69, 9.17) is 9.32 Å². The lowest BCUT2D eigenvalue weighted by atomic mass is 10.0. The molecule has 1 saturated carbocycles. The second-order valence-electron chi connectivity index (χ2n) is 6.01. The Labute approximate surface area is 144 Å². The van der Waals surface area contributed by atoms with Crippen molar-refractivity contribution in [3.05, 3.63) is 18.3 Å². The third-order valence-corrected chi connectivity index (χ3v) is 5.27. The Hall–Kier alpha value is -1.71. The first-order chi connectivity index (χ1) is 11.8. The van der Waals surface area contributed by atoms with Crippen LogP contribution in [-0.2, 0) is 9.22 Å². The molecule has 8 nitrogen and oxygen atoms in total. The fourth-order valence-electron chi connectivity index (χ4n) is 3.73. The van der Waals surface area contributed by atoms with E-state index in [0.717, 1.165) is 35.8 Å². The van der Waals surface area contributed by atoms with Crippen LogP contribution in [0.2, 0.25) is 0 Å². The van der Waals surface area contributed by atoms with Gasteiger partial charge in [0.15, 0.2) is 11.6 Å². The van der Waals surface area contributed by atoms with E-state index >= 15 is 0 Å². The summed E-state index contributed by atoms with van der Waals surface area (Å²) < 4.78 is 6.92. The van der Waals surface area contributed by atoms with Gasteiger partial charge in [0.1, 0.15) is 24.1 Å². The van der Waals surface area contributed by atoms with Crippen LogP contribution in [0.1, 0.15) is 50.9 Å². The molecule has 1 unspecified atom stereocenters. The van der Waals surface area contributed by atoms with Crippen molar-refractivity contribution in [2.45, 2.75) is 56.3 Å². The van der Waals surface area contributed by atoms with Crippen LogP contribution >= 0.6 is 12.0 Å². The highest BCUT2D eigenvalue weighted by Gasteiger charge is 2.38. The van der Waals surface area contributed by atoms with Crippen LogP contribution in [0.25, 0.3) is 5.69 Å². The Balaban J connectivity index is 1.81. The predicted molar refractivity (Wildman–Crippen MR) is 88.7 cm³/mol. The fraction of sp³-hybridized carbons (Fsp3) is 0.600. The van der Waals surface area contributed by atoms with Gasteiger partial charge in [-0.2, -0.15) is 4.33 Å². The molecule has 0 aromatic carbocycles. The van der Waals surface area contributed by atoms with Gasteiger partial charge in [-0.25, -0.2) is 14.9 Å². The second kappa shape index (κ2) is 6.66. The van der Waals surface area contributed by atoms with Gasteiger partial charge in [-0.1, -0.05) is 19.8 Å². The number of anilines is 1. The van der Waals surface area contributed by atoms with Crippen LogP contribution < -0.4 is 4.90 Å². The van der Waals surface area contributed by atoms with Gasteiger partial charge in [-0.05, 0) is 19.3 Å².